The number of anilines is 3. The van der Waals surface area contributed by atoms with Crippen molar-refractivity contribution in [3.05, 3.63) is 313 Å². The fourth-order valence-electron chi connectivity index (χ4n) is 10.8. The molecule has 0 fully saturated rings. The zero-order valence-electron chi connectivity index (χ0n) is 38.9. The lowest BCUT2D eigenvalue weighted by Gasteiger charge is -2.38. The van der Waals surface area contributed by atoms with E-state index in [4.69, 9.17) is 6.58 Å². The topological polar surface area (TPSA) is 8.17 Å². The van der Waals surface area contributed by atoms with Crippen LogP contribution in [0.25, 0.3) is 60.9 Å². The molecule has 70 heavy (non-hydrogen) atoms. The van der Waals surface area contributed by atoms with Crippen molar-refractivity contribution in [2.45, 2.75) is 11.8 Å². The second kappa shape index (κ2) is 18.3. The number of benzene rings is 10. The van der Waals surface area contributed by atoms with Crippen LogP contribution in [0, 0.1) is 0 Å². The molecule has 1 heterocycles. The predicted octanol–water partition coefficient (Wildman–Crippen LogP) is 17.8. The first-order chi connectivity index (χ1) is 34.6. The third-order valence-corrected chi connectivity index (χ3v) is 14.1. The summed E-state index contributed by atoms with van der Waals surface area (Å²) in [5.74, 6) is 0. The maximum absolute atomic E-state index is 4.87. The molecule has 0 bridgehead atoms. The zero-order chi connectivity index (χ0) is 46.9. The van der Waals surface area contributed by atoms with Crippen molar-refractivity contribution in [2.75, 3.05) is 4.90 Å². The van der Waals surface area contributed by atoms with Gasteiger partial charge in [-0.2, -0.15) is 0 Å². The maximum Gasteiger partial charge on any atom is 0.0699 e. The second-order valence-corrected chi connectivity index (χ2v) is 18.1. The molecule has 10 aromatic carbocycles. The Morgan fingerprint density at radius 3 is 1.56 bits per heavy atom. The van der Waals surface area contributed by atoms with Gasteiger partial charge in [-0.1, -0.05) is 231 Å². The number of fused-ring (bicyclic) bond motifs is 4. The third kappa shape index (κ3) is 7.48. The second-order valence-electron chi connectivity index (χ2n) is 18.1. The molecule has 2 heteroatoms. The van der Waals surface area contributed by atoms with Crippen LogP contribution in [0.2, 0.25) is 0 Å². The highest BCUT2D eigenvalue weighted by Crippen LogP contribution is 2.49. The molecule has 1 aromatic heterocycles. The zero-order valence-corrected chi connectivity index (χ0v) is 38.9. The highest BCUT2D eigenvalue weighted by molar-refractivity contribution is 6.10. The maximum atomic E-state index is 4.87. The van der Waals surface area contributed by atoms with Crippen LogP contribution < -0.4 is 4.90 Å². The molecule has 2 nitrogen and oxygen atoms in total. The van der Waals surface area contributed by atoms with Gasteiger partial charge < -0.3 is 9.47 Å². The minimum atomic E-state index is -0.651. The monoisotopic (exact) mass is 894 g/mol. The van der Waals surface area contributed by atoms with Gasteiger partial charge in [-0.15, -0.1) is 0 Å². The van der Waals surface area contributed by atoms with Crippen molar-refractivity contribution < 1.29 is 0 Å². The Kier molecular flexibility index (Phi) is 11.1. The lowest BCUT2D eigenvalue weighted by Crippen LogP contribution is -2.32. The summed E-state index contributed by atoms with van der Waals surface area (Å²) in [6, 6.07) is 92.8. The summed E-state index contributed by atoms with van der Waals surface area (Å²) in [5.41, 5.74) is 18.9. The standard InChI is InChI=1S/C68H50N2/c1-49-21-7-2-12-26-54-39-45-60(48-64(54)68(49,56-27-13-5-14-28-56)57-29-15-6-16-30-57)70-66-34-20-18-32-62(66)63-46-40-55(47-67(63)70)61-31-17-19-33-65(61)69(58-41-35-52(36-42-58)50-22-8-3-9-23-50)59-43-37-53(38-44-59)51-24-10-4-11-25-51/h2-25,27-48H,1,26H2/b12-2-,21-7-. The Bertz CT molecular complexity index is 3590. The van der Waals surface area contributed by atoms with Crippen LogP contribution >= 0.6 is 0 Å². The van der Waals surface area contributed by atoms with E-state index in [9.17, 15) is 0 Å². The summed E-state index contributed by atoms with van der Waals surface area (Å²) in [6.45, 7) is 4.87. The number of rotatable bonds is 9. The third-order valence-electron chi connectivity index (χ3n) is 14.1. The number of nitrogens with zero attached hydrogens (tertiary/aromatic N) is 2. The summed E-state index contributed by atoms with van der Waals surface area (Å²) in [6.07, 6.45) is 9.55. The van der Waals surface area contributed by atoms with Gasteiger partial charge in [0.1, 0.15) is 0 Å². The van der Waals surface area contributed by atoms with Gasteiger partial charge in [0.15, 0.2) is 0 Å². The van der Waals surface area contributed by atoms with Gasteiger partial charge >= 0.3 is 0 Å². The first-order valence-corrected chi connectivity index (χ1v) is 24.2. The molecule has 0 N–H and O–H groups in total. The van der Waals surface area contributed by atoms with E-state index in [0.29, 0.717) is 0 Å². The first-order valence-electron chi connectivity index (χ1n) is 24.2. The van der Waals surface area contributed by atoms with Gasteiger partial charge in [0.25, 0.3) is 0 Å². The number of hydrogen-bond acceptors (Lipinski definition) is 1. The van der Waals surface area contributed by atoms with Crippen LogP contribution in [-0.4, -0.2) is 4.57 Å². The lowest BCUT2D eigenvalue weighted by molar-refractivity contribution is 0.736. The molecule has 0 atom stereocenters. The van der Waals surface area contributed by atoms with Crippen LogP contribution in [0.1, 0.15) is 22.3 Å². The summed E-state index contributed by atoms with van der Waals surface area (Å²) < 4.78 is 2.47. The van der Waals surface area contributed by atoms with Gasteiger partial charge in [0, 0.05) is 33.4 Å². The number of aromatic nitrogens is 1. The molecule has 0 radical (unpaired) electrons. The highest BCUT2D eigenvalue weighted by Gasteiger charge is 2.40. The van der Waals surface area contributed by atoms with Crippen molar-refractivity contribution in [3.8, 4) is 39.1 Å². The van der Waals surface area contributed by atoms with E-state index in [1.54, 1.807) is 0 Å². The van der Waals surface area contributed by atoms with Crippen molar-refractivity contribution in [3.63, 3.8) is 0 Å². The quantitative estimate of drug-likeness (QED) is 0.140. The van der Waals surface area contributed by atoms with Crippen LogP contribution in [-0.2, 0) is 11.8 Å². The Hall–Kier alpha value is -8.98. The SMILES string of the molecule is C=C1/C=C\C=C/Cc2ccc(-n3c4ccccc4c4ccc(-c5ccccc5N(c5ccc(-c6ccccc6)cc5)c5ccc(-c6ccccc6)cc5)cc43)cc2C1(c1ccccc1)c1ccccc1. The number of hydrogen-bond donors (Lipinski definition) is 0. The molecule has 0 spiro atoms. The van der Waals surface area contributed by atoms with E-state index in [2.05, 4.69) is 289 Å². The van der Waals surface area contributed by atoms with Gasteiger partial charge in [0.05, 0.1) is 22.1 Å². The van der Waals surface area contributed by atoms with Crippen LogP contribution in [0.5, 0.6) is 0 Å². The van der Waals surface area contributed by atoms with E-state index >= 15 is 0 Å². The van der Waals surface area contributed by atoms with Gasteiger partial charge in [-0.25, -0.2) is 0 Å². The fourth-order valence-corrected chi connectivity index (χ4v) is 10.8. The normalized spacial score (nSPS) is 14.0. The molecule has 0 amide bonds. The highest BCUT2D eigenvalue weighted by atomic mass is 15.1. The van der Waals surface area contributed by atoms with Crippen LogP contribution in [0.3, 0.4) is 0 Å². The number of para-hydroxylation sites is 2. The largest absolute Gasteiger partial charge is 0.310 e. The summed E-state index contributed by atoms with van der Waals surface area (Å²) >= 11 is 0. The van der Waals surface area contributed by atoms with E-state index in [1.165, 1.54) is 55.3 Å². The average Bonchev–Trinajstić information content (AvgIpc) is 3.79. The molecule has 0 unspecified atom stereocenters. The average molecular weight is 895 g/mol. The minimum absolute atomic E-state index is 0.651. The van der Waals surface area contributed by atoms with Crippen molar-refractivity contribution in [1.82, 2.24) is 4.57 Å². The molecular formula is C68H50N2. The predicted molar refractivity (Wildman–Crippen MR) is 296 cm³/mol. The molecular weight excluding hydrogens is 845 g/mol. The van der Waals surface area contributed by atoms with Crippen molar-refractivity contribution >= 4 is 38.9 Å². The van der Waals surface area contributed by atoms with Crippen molar-refractivity contribution in [1.29, 1.82) is 0 Å². The van der Waals surface area contributed by atoms with Crippen molar-refractivity contribution in [2.24, 2.45) is 0 Å². The van der Waals surface area contributed by atoms with E-state index in [0.717, 1.165) is 56.9 Å². The molecule has 1 aliphatic rings. The van der Waals surface area contributed by atoms with E-state index < -0.39 is 5.41 Å². The Morgan fingerprint density at radius 1 is 0.414 bits per heavy atom. The van der Waals surface area contributed by atoms with Crippen LogP contribution in [0.15, 0.2) is 291 Å². The Labute approximate surface area is 410 Å². The van der Waals surface area contributed by atoms with Gasteiger partial charge in [0.2, 0.25) is 0 Å². The smallest absolute Gasteiger partial charge is 0.0699 e. The number of allylic oxidation sites excluding steroid dienone is 5. The molecule has 1 aliphatic carbocycles. The molecule has 12 rings (SSSR count). The summed E-state index contributed by atoms with van der Waals surface area (Å²) in [4.78, 5) is 2.40. The summed E-state index contributed by atoms with van der Waals surface area (Å²) in [7, 11) is 0. The Balaban J connectivity index is 1.05. The van der Waals surface area contributed by atoms with Gasteiger partial charge in [-0.05, 0) is 117 Å². The molecule has 11 aromatic rings. The summed E-state index contributed by atoms with van der Waals surface area (Å²) in [5, 5.41) is 2.42. The van der Waals surface area contributed by atoms with Gasteiger partial charge in [-0.3, -0.25) is 0 Å². The molecule has 0 saturated carbocycles. The van der Waals surface area contributed by atoms with E-state index in [-0.39, 0.29) is 0 Å². The molecule has 0 aliphatic heterocycles. The van der Waals surface area contributed by atoms with Crippen LogP contribution in [0.4, 0.5) is 17.1 Å². The van der Waals surface area contributed by atoms with E-state index in [1.807, 2.05) is 0 Å². The molecule has 0 saturated heterocycles. The first kappa shape index (κ1) is 42.4. The molecule has 332 valence electrons. The fraction of sp³-hybridized carbons (Fsp3) is 0.0294. The Morgan fingerprint density at radius 2 is 0.929 bits per heavy atom. The minimum Gasteiger partial charge on any atom is -0.310 e. The lowest BCUT2D eigenvalue weighted by atomic mass is 9.63.